The van der Waals surface area contributed by atoms with Crippen LogP contribution in [0.25, 0.3) is 0 Å². The van der Waals surface area contributed by atoms with Gasteiger partial charge in [0.05, 0.1) is 0 Å². The second-order valence-electron chi connectivity index (χ2n) is 3.67. The monoisotopic (exact) mass is 153 g/mol. The van der Waals surface area contributed by atoms with Gasteiger partial charge in [-0.15, -0.1) is 0 Å². The van der Waals surface area contributed by atoms with Gasteiger partial charge in [-0.05, 0) is 38.6 Å². The van der Waals surface area contributed by atoms with Crippen LogP contribution in [0, 0.1) is 11.8 Å². The highest BCUT2D eigenvalue weighted by molar-refractivity contribution is 5.09. The molecule has 0 radical (unpaired) electrons. The molecule has 0 saturated carbocycles. The van der Waals surface area contributed by atoms with E-state index in [0.29, 0.717) is 0 Å². The molecule has 2 atom stereocenters. The van der Waals surface area contributed by atoms with Crippen LogP contribution in [0.1, 0.15) is 26.7 Å². The molecule has 0 aromatic rings. The summed E-state index contributed by atoms with van der Waals surface area (Å²) < 4.78 is 0. The first-order valence-electron chi connectivity index (χ1n) is 4.57. The van der Waals surface area contributed by atoms with Crippen LogP contribution in [0.2, 0.25) is 0 Å². The number of allylic oxidation sites excluding steroid dienone is 1. The van der Waals surface area contributed by atoms with Crippen LogP contribution in [0.3, 0.4) is 0 Å². The van der Waals surface area contributed by atoms with Crippen molar-refractivity contribution < 1.29 is 0 Å². The maximum Gasteiger partial charge on any atom is 0.00163 e. The van der Waals surface area contributed by atoms with Gasteiger partial charge in [0.15, 0.2) is 0 Å². The molecule has 1 aliphatic rings. The summed E-state index contributed by atoms with van der Waals surface area (Å²) in [5.74, 6) is 1.65. The molecule has 1 N–H and O–H groups in total. The zero-order valence-electron chi connectivity index (χ0n) is 7.85. The van der Waals surface area contributed by atoms with Crippen molar-refractivity contribution in [1.82, 2.24) is 5.32 Å². The van der Waals surface area contributed by atoms with E-state index >= 15 is 0 Å². The lowest BCUT2D eigenvalue weighted by Gasteiger charge is -2.28. The summed E-state index contributed by atoms with van der Waals surface area (Å²) >= 11 is 0. The Morgan fingerprint density at radius 2 is 2.36 bits per heavy atom. The minimum atomic E-state index is 0.786. The highest BCUT2D eigenvalue weighted by atomic mass is 14.8. The van der Waals surface area contributed by atoms with Crippen molar-refractivity contribution in [3.8, 4) is 0 Å². The van der Waals surface area contributed by atoms with Crippen molar-refractivity contribution in [2.45, 2.75) is 26.7 Å². The van der Waals surface area contributed by atoms with Gasteiger partial charge in [-0.2, -0.15) is 0 Å². The molecule has 0 aliphatic heterocycles. The summed E-state index contributed by atoms with van der Waals surface area (Å²) in [4.78, 5) is 0. The van der Waals surface area contributed by atoms with Gasteiger partial charge in [0.2, 0.25) is 0 Å². The SMILES string of the molecule is CNCC1C(C)=CCCC1C. The lowest BCUT2D eigenvalue weighted by molar-refractivity contribution is 0.358. The minimum absolute atomic E-state index is 0.786. The fraction of sp³-hybridized carbons (Fsp3) is 0.800. The van der Waals surface area contributed by atoms with Crippen molar-refractivity contribution in [2.24, 2.45) is 11.8 Å². The molecular formula is C10H19N. The van der Waals surface area contributed by atoms with E-state index in [9.17, 15) is 0 Å². The summed E-state index contributed by atoms with van der Waals surface area (Å²) in [6.07, 6.45) is 5.04. The topological polar surface area (TPSA) is 12.0 Å². The van der Waals surface area contributed by atoms with Gasteiger partial charge >= 0.3 is 0 Å². The van der Waals surface area contributed by atoms with Gasteiger partial charge in [0.25, 0.3) is 0 Å². The van der Waals surface area contributed by atoms with Gasteiger partial charge < -0.3 is 5.32 Å². The Morgan fingerprint density at radius 3 is 2.91 bits per heavy atom. The van der Waals surface area contributed by atoms with Gasteiger partial charge in [-0.25, -0.2) is 0 Å². The molecule has 11 heavy (non-hydrogen) atoms. The van der Waals surface area contributed by atoms with Gasteiger partial charge in [-0.1, -0.05) is 18.6 Å². The Kier molecular flexibility index (Phi) is 3.13. The van der Waals surface area contributed by atoms with E-state index in [1.807, 2.05) is 7.05 Å². The Labute approximate surface area is 69.9 Å². The smallest absolute Gasteiger partial charge is 0.00163 e. The van der Waals surface area contributed by atoms with Crippen LogP contribution in [-0.2, 0) is 0 Å². The molecule has 0 bridgehead atoms. The Bertz CT molecular complexity index is 149. The van der Waals surface area contributed by atoms with E-state index in [4.69, 9.17) is 0 Å². The van der Waals surface area contributed by atoms with Crippen molar-refractivity contribution in [3.63, 3.8) is 0 Å². The fourth-order valence-electron chi connectivity index (χ4n) is 1.96. The summed E-state index contributed by atoms with van der Waals surface area (Å²) in [6.45, 7) is 5.76. The molecule has 1 rings (SSSR count). The molecule has 0 fully saturated rings. The maximum atomic E-state index is 3.26. The summed E-state index contributed by atoms with van der Waals surface area (Å²) in [6, 6.07) is 0. The second-order valence-corrected chi connectivity index (χ2v) is 3.67. The van der Waals surface area contributed by atoms with E-state index in [1.54, 1.807) is 5.57 Å². The van der Waals surface area contributed by atoms with E-state index < -0.39 is 0 Å². The van der Waals surface area contributed by atoms with Gasteiger partial charge in [0, 0.05) is 6.54 Å². The molecule has 0 heterocycles. The molecule has 1 heteroatoms. The first kappa shape index (κ1) is 8.79. The van der Waals surface area contributed by atoms with E-state index in [2.05, 4.69) is 25.2 Å². The van der Waals surface area contributed by atoms with E-state index in [0.717, 1.165) is 18.4 Å². The normalized spacial score (nSPS) is 31.7. The van der Waals surface area contributed by atoms with Crippen LogP contribution < -0.4 is 5.32 Å². The molecule has 0 aromatic heterocycles. The molecule has 0 amide bonds. The standard InChI is InChI=1S/C10H19N/c1-8-5-4-6-9(2)10(8)7-11-3/h5,9-11H,4,6-7H2,1-3H3. The lowest BCUT2D eigenvalue weighted by atomic mass is 9.80. The van der Waals surface area contributed by atoms with Crippen LogP contribution >= 0.6 is 0 Å². The quantitative estimate of drug-likeness (QED) is 0.600. The molecule has 1 nitrogen and oxygen atoms in total. The minimum Gasteiger partial charge on any atom is -0.319 e. The molecule has 0 spiro atoms. The van der Waals surface area contributed by atoms with E-state index in [-0.39, 0.29) is 0 Å². The van der Waals surface area contributed by atoms with Gasteiger partial charge in [-0.3, -0.25) is 0 Å². The van der Waals surface area contributed by atoms with Crippen LogP contribution in [0.5, 0.6) is 0 Å². The zero-order valence-corrected chi connectivity index (χ0v) is 7.85. The molecule has 0 saturated heterocycles. The Morgan fingerprint density at radius 1 is 1.64 bits per heavy atom. The Hall–Kier alpha value is -0.300. The average Bonchev–Trinajstić information content (AvgIpc) is 1.97. The van der Waals surface area contributed by atoms with Crippen LogP contribution in [0.15, 0.2) is 11.6 Å². The Balaban J connectivity index is 2.56. The zero-order chi connectivity index (χ0) is 8.27. The summed E-state index contributed by atoms with van der Waals surface area (Å²) in [7, 11) is 2.04. The molecule has 0 aromatic carbocycles. The van der Waals surface area contributed by atoms with Crippen molar-refractivity contribution in [3.05, 3.63) is 11.6 Å². The molecule has 1 aliphatic carbocycles. The third-order valence-electron chi connectivity index (χ3n) is 2.78. The van der Waals surface area contributed by atoms with Crippen LogP contribution in [0.4, 0.5) is 0 Å². The third kappa shape index (κ3) is 2.06. The predicted octanol–water partition coefficient (Wildman–Crippen LogP) is 2.20. The molecule has 2 unspecified atom stereocenters. The first-order valence-corrected chi connectivity index (χ1v) is 4.57. The van der Waals surface area contributed by atoms with Crippen LogP contribution in [-0.4, -0.2) is 13.6 Å². The third-order valence-corrected chi connectivity index (χ3v) is 2.78. The largest absolute Gasteiger partial charge is 0.319 e. The van der Waals surface area contributed by atoms with Gasteiger partial charge in [0.1, 0.15) is 0 Å². The maximum absolute atomic E-state index is 3.26. The number of hydrogen-bond donors (Lipinski definition) is 1. The highest BCUT2D eigenvalue weighted by Gasteiger charge is 2.20. The molecule has 64 valence electrons. The number of hydrogen-bond acceptors (Lipinski definition) is 1. The van der Waals surface area contributed by atoms with Crippen molar-refractivity contribution in [2.75, 3.05) is 13.6 Å². The number of nitrogens with one attached hydrogen (secondary N) is 1. The molecular weight excluding hydrogens is 134 g/mol. The van der Waals surface area contributed by atoms with Crippen molar-refractivity contribution >= 4 is 0 Å². The van der Waals surface area contributed by atoms with E-state index in [1.165, 1.54) is 12.8 Å². The first-order chi connectivity index (χ1) is 5.25. The average molecular weight is 153 g/mol. The summed E-state index contributed by atoms with van der Waals surface area (Å²) in [5, 5.41) is 3.26. The summed E-state index contributed by atoms with van der Waals surface area (Å²) in [5.41, 5.74) is 1.58. The lowest BCUT2D eigenvalue weighted by Crippen LogP contribution is -2.27. The highest BCUT2D eigenvalue weighted by Crippen LogP contribution is 2.29. The van der Waals surface area contributed by atoms with Crippen molar-refractivity contribution in [1.29, 1.82) is 0 Å². The number of rotatable bonds is 2. The fourth-order valence-corrected chi connectivity index (χ4v) is 1.96. The predicted molar refractivity (Wildman–Crippen MR) is 49.6 cm³/mol. The second kappa shape index (κ2) is 3.91.